The van der Waals surface area contributed by atoms with Gasteiger partial charge >= 0.3 is 0 Å². The number of amides is 1. The van der Waals surface area contributed by atoms with Crippen LogP contribution in [-0.4, -0.2) is 35.0 Å². The second-order valence-electron chi connectivity index (χ2n) is 6.82. The monoisotopic (exact) mass is 401 g/mol. The van der Waals surface area contributed by atoms with Gasteiger partial charge in [-0.2, -0.15) is 0 Å². The summed E-state index contributed by atoms with van der Waals surface area (Å²) < 4.78 is 2.04. The first-order chi connectivity index (χ1) is 12.8. The zero-order valence-electron chi connectivity index (χ0n) is 15.0. The average Bonchev–Trinajstić information content (AvgIpc) is 3.43. The van der Waals surface area contributed by atoms with Gasteiger partial charge in [-0.15, -0.1) is 23.7 Å². The van der Waals surface area contributed by atoms with E-state index in [4.69, 9.17) is 5.73 Å². The Balaban J connectivity index is 0.00000210. The van der Waals surface area contributed by atoms with Crippen molar-refractivity contribution in [2.45, 2.75) is 12.5 Å². The van der Waals surface area contributed by atoms with E-state index in [1.807, 2.05) is 39.9 Å². The third kappa shape index (κ3) is 4.10. The van der Waals surface area contributed by atoms with Crippen molar-refractivity contribution < 1.29 is 4.79 Å². The van der Waals surface area contributed by atoms with Crippen molar-refractivity contribution in [3.8, 4) is 0 Å². The van der Waals surface area contributed by atoms with E-state index >= 15 is 0 Å². The average molecular weight is 402 g/mol. The van der Waals surface area contributed by atoms with Gasteiger partial charge in [0.1, 0.15) is 5.69 Å². The SMILES string of the molecule is Cl.NC[C@@H]1CN(C(=O)c2cccn2Cc2cccs2)C[C@H]1c1ccccc1. The molecule has 0 spiro atoms. The number of nitrogens with two attached hydrogens (primary N) is 1. The molecule has 1 aliphatic heterocycles. The number of likely N-dealkylation sites (tertiary alicyclic amines) is 1. The minimum Gasteiger partial charge on any atom is -0.338 e. The van der Waals surface area contributed by atoms with E-state index in [0.29, 0.717) is 18.4 Å². The molecular formula is C21H24ClN3OS. The molecule has 1 amide bonds. The molecule has 6 heteroatoms. The van der Waals surface area contributed by atoms with Crippen molar-refractivity contribution in [2.24, 2.45) is 11.7 Å². The van der Waals surface area contributed by atoms with Crippen molar-refractivity contribution >= 4 is 29.7 Å². The van der Waals surface area contributed by atoms with Crippen LogP contribution >= 0.6 is 23.7 Å². The van der Waals surface area contributed by atoms with Gasteiger partial charge < -0.3 is 15.2 Å². The highest BCUT2D eigenvalue weighted by Gasteiger charge is 2.36. The topological polar surface area (TPSA) is 51.3 Å². The van der Waals surface area contributed by atoms with E-state index < -0.39 is 0 Å². The molecule has 0 bridgehead atoms. The molecule has 2 aromatic heterocycles. The number of thiophene rings is 1. The maximum absolute atomic E-state index is 13.2. The molecule has 1 fully saturated rings. The van der Waals surface area contributed by atoms with Crippen LogP contribution in [0.2, 0.25) is 0 Å². The molecule has 0 aliphatic carbocycles. The summed E-state index contributed by atoms with van der Waals surface area (Å²) in [5, 5.41) is 2.07. The first-order valence-electron chi connectivity index (χ1n) is 8.98. The molecule has 0 unspecified atom stereocenters. The Labute approximate surface area is 170 Å². The summed E-state index contributed by atoms with van der Waals surface area (Å²) >= 11 is 1.71. The summed E-state index contributed by atoms with van der Waals surface area (Å²) in [6.07, 6.45) is 1.98. The fourth-order valence-electron chi connectivity index (χ4n) is 3.83. The van der Waals surface area contributed by atoms with Gasteiger partial charge in [-0.05, 0) is 41.6 Å². The van der Waals surface area contributed by atoms with E-state index in [1.165, 1.54) is 10.4 Å². The molecule has 3 heterocycles. The van der Waals surface area contributed by atoms with Crippen LogP contribution in [0.15, 0.2) is 66.2 Å². The van der Waals surface area contributed by atoms with Gasteiger partial charge in [0.05, 0.1) is 6.54 Å². The molecule has 4 nitrogen and oxygen atoms in total. The fraction of sp³-hybridized carbons (Fsp3) is 0.286. The van der Waals surface area contributed by atoms with Crippen LogP contribution in [-0.2, 0) is 6.54 Å². The standard InChI is InChI=1S/C21H23N3OS.ClH/c22-12-17-13-24(15-19(17)16-6-2-1-3-7-16)21(25)20-9-4-10-23(20)14-18-8-5-11-26-18;/h1-11,17,19H,12-15,22H2;1H/t17-,19+;/m1./s1. The van der Waals surface area contributed by atoms with Crippen molar-refractivity contribution in [3.63, 3.8) is 0 Å². The summed E-state index contributed by atoms with van der Waals surface area (Å²) in [4.78, 5) is 16.4. The van der Waals surface area contributed by atoms with Gasteiger partial charge in [0, 0.05) is 30.1 Å². The maximum Gasteiger partial charge on any atom is 0.270 e. The van der Waals surface area contributed by atoms with Crippen LogP contribution in [0.3, 0.4) is 0 Å². The maximum atomic E-state index is 13.2. The van der Waals surface area contributed by atoms with E-state index in [9.17, 15) is 4.79 Å². The third-order valence-electron chi connectivity index (χ3n) is 5.21. The van der Waals surface area contributed by atoms with Crippen LogP contribution in [0.5, 0.6) is 0 Å². The molecule has 0 saturated carbocycles. The zero-order valence-corrected chi connectivity index (χ0v) is 16.7. The second-order valence-corrected chi connectivity index (χ2v) is 7.86. The lowest BCUT2D eigenvalue weighted by molar-refractivity contribution is 0.0776. The predicted octanol–water partition coefficient (Wildman–Crippen LogP) is 3.83. The molecule has 142 valence electrons. The normalized spacial score (nSPS) is 19.1. The lowest BCUT2D eigenvalue weighted by atomic mass is 9.89. The van der Waals surface area contributed by atoms with Gasteiger partial charge in [-0.25, -0.2) is 0 Å². The Kier molecular flexibility index (Phi) is 6.37. The summed E-state index contributed by atoms with van der Waals surface area (Å²) in [6.45, 7) is 2.79. The third-order valence-corrected chi connectivity index (χ3v) is 6.07. The number of hydrogen-bond acceptors (Lipinski definition) is 3. The zero-order chi connectivity index (χ0) is 17.9. The fourth-order valence-corrected chi connectivity index (χ4v) is 4.54. The molecule has 0 radical (unpaired) electrons. The number of rotatable bonds is 5. The number of aromatic nitrogens is 1. The van der Waals surface area contributed by atoms with Gasteiger partial charge in [0.25, 0.3) is 5.91 Å². The number of benzene rings is 1. The lowest BCUT2D eigenvalue weighted by Gasteiger charge is -2.18. The summed E-state index contributed by atoms with van der Waals surface area (Å²) in [6, 6.07) is 18.4. The summed E-state index contributed by atoms with van der Waals surface area (Å²) in [7, 11) is 0. The minimum absolute atomic E-state index is 0. The number of nitrogens with zero attached hydrogens (tertiary/aromatic N) is 2. The van der Waals surface area contributed by atoms with Crippen molar-refractivity contribution in [2.75, 3.05) is 19.6 Å². The molecule has 1 aliphatic rings. The first kappa shape index (κ1) is 19.7. The van der Waals surface area contributed by atoms with Crippen LogP contribution < -0.4 is 5.73 Å². The molecular weight excluding hydrogens is 378 g/mol. The molecule has 1 aromatic carbocycles. The Morgan fingerprint density at radius 2 is 1.89 bits per heavy atom. The Morgan fingerprint density at radius 1 is 1.07 bits per heavy atom. The van der Waals surface area contributed by atoms with Gasteiger partial charge in [-0.1, -0.05) is 36.4 Å². The summed E-state index contributed by atoms with van der Waals surface area (Å²) in [5.41, 5.74) is 8.04. The van der Waals surface area contributed by atoms with Gasteiger partial charge in [-0.3, -0.25) is 4.79 Å². The highest BCUT2D eigenvalue weighted by atomic mass is 35.5. The number of halogens is 1. The van der Waals surface area contributed by atoms with Crippen molar-refractivity contribution in [3.05, 3.63) is 82.3 Å². The number of carbonyl (C=O) groups is 1. The molecule has 1 saturated heterocycles. The lowest BCUT2D eigenvalue weighted by Crippen LogP contribution is -2.31. The van der Waals surface area contributed by atoms with Crippen molar-refractivity contribution in [1.29, 1.82) is 0 Å². The van der Waals surface area contributed by atoms with E-state index in [-0.39, 0.29) is 18.3 Å². The van der Waals surface area contributed by atoms with Crippen LogP contribution in [0.1, 0.15) is 26.8 Å². The Bertz CT molecular complexity index is 863. The second kappa shape index (κ2) is 8.74. The number of carbonyl (C=O) groups excluding carboxylic acids is 1. The quantitative estimate of drug-likeness (QED) is 0.706. The van der Waals surface area contributed by atoms with E-state index in [1.54, 1.807) is 11.3 Å². The van der Waals surface area contributed by atoms with Crippen molar-refractivity contribution in [1.82, 2.24) is 9.47 Å². The molecule has 4 rings (SSSR count). The molecule has 2 N–H and O–H groups in total. The number of hydrogen-bond donors (Lipinski definition) is 1. The molecule has 27 heavy (non-hydrogen) atoms. The molecule has 3 aromatic rings. The van der Waals surface area contributed by atoms with E-state index in [0.717, 1.165) is 25.3 Å². The van der Waals surface area contributed by atoms with Crippen LogP contribution in [0.4, 0.5) is 0 Å². The minimum atomic E-state index is 0. The summed E-state index contributed by atoms with van der Waals surface area (Å²) in [5.74, 6) is 0.719. The van der Waals surface area contributed by atoms with E-state index in [2.05, 4.69) is 35.7 Å². The highest BCUT2D eigenvalue weighted by Crippen LogP contribution is 2.33. The Hall–Kier alpha value is -2.08. The molecule has 2 atom stereocenters. The van der Waals surface area contributed by atoms with Crippen LogP contribution in [0, 0.1) is 5.92 Å². The van der Waals surface area contributed by atoms with Crippen LogP contribution in [0.25, 0.3) is 0 Å². The predicted molar refractivity (Wildman–Crippen MR) is 113 cm³/mol. The smallest absolute Gasteiger partial charge is 0.270 e. The highest BCUT2D eigenvalue weighted by molar-refractivity contribution is 7.09. The Morgan fingerprint density at radius 3 is 2.59 bits per heavy atom. The van der Waals surface area contributed by atoms with Gasteiger partial charge in [0.2, 0.25) is 0 Å². The first-order valence-corrected chi connectivity index (χ1v) is 9.86. The largest absolute Gasteiger partial charge is 0.338 e. The van der Waals surface area contributed by atoms with Gasteiger partial charge in [0.15, 0.2) is 0 Å².